The van der Waals surface area contributed by atoms with Crippen molar-refractivity contribution in [3.05, 3.63) is 40.2 Å². The van der Waals surface area contributed by atoms with E-state index in [-0.39, 0.29) is 24.2 Å². The van der Waals surface area contributed by atoms with Crippen LogP contribution in [0.5, 0.6) is 5.75 Å². The molecule has 3 rings (SSSR count). The van der Waals surface area contributed by atoms with Gasteiger partial charge in [-0.15, -0.1) is 0 Å². The predicted molar refractivity (Wildman–Crippen MR) is 91.4 cm³/mol. The first kappa shape index (κ1) is 16.5. The van der Waals surface area contributed by atoms with Gasteiger partial charge in [0.25, 0.3) is 0 Å². The number of hydrogen-bond acceptors (Lipinski definition) is 4. The highest BCUT2D eigenvalue weighted by Crippen LogP contribution is 2.31. The lowest BCUT2D eigenvalue weighted by atomic mass is 9.99. The molecule has 1 atom stereocenters. The number of aromatic amines is 1. The SMILES string of the molecule is CCN(CC)C(=O)COC1COc2ccc3[nH]c(=O)ccc3c2C1. The van der Waals surface area contributed by atoms with E-state index >= 15 is 0 Å². The van der Waals surface area contributed by atoms with Gasteiger partial charge in [0.15, 0.2) is 0 Å². The summed E-state index contributed by atoms with van der Waals surface area (Å²) in [6, 6.07) is 7.03. The monoisotopic (exact) mass is 330 g/mol. The Bertz CT molecular complexity index is 795. The van der Waals surface area contributed by atoms with Crippen LogP contribution < -0.4 is 10.3 Å². The molecule has 1 aliphatic rings. The Morgan fingerprint density at radius 3 is 2.83 bits per heavy atom. The fourth-order valence-corrected chi connectivity index (χ4v) is 3.06. The fourth-order valence-electron chi connectivity index (χ4n) is 3.06. The Morgan fingerprint density at radius 1 is 1.29 bits per heavy atom. The Labute approximate surface area is 140 Å². The number of aromatic nitrogens is 1. The third-order valence-corrected chi connectivity index (χ3v) is 4.39. The number of likely N-dealkylation sites (N-methyl/N-ethyl adjacent to an activating group) is 1. The number of fused-ring (bicyclic) bond motifs is 3. The summed E-state index contributed by atoms with van der Waals surface area (Å²) in [6.07, 6.45) is 0.485. The number of nitrogens with one attached hydrogen (secondary N) is 1. The second kappa shape index (κ2) is 7.05. The minimum absolute atomic E-state index is 0.00644. The highest BCUT2D eigenvalue weighted by Gasteiger charge is 2.24. The summed E-state index contributed by atoms with van der Waals surface area (Å²) in [5.74, 6) is 0.803. The summed E-state index contributed by atoms with van der Waals surface area (Å²) in [4.78, 5) is 28.1. The molecule has 0 fully saturated rings. The zero-order chi connectivity index (χ0) is 17.1. The number of ether oxygens (including phenoxy) is 2. The molecule has 0 spiro atoms. The summed E-state index contributed by atoms with van der Waals surface area (Å²) in [7, 11) is 0. The minimum Gasteiger partial charge on any atom is -0.491 e. The second-order valence-electron chi connectivity index (χ2n) is 5.84. The van der Waals surface area contributed by atoms with Crippen molar-refractivity contribution in [1.29, 1.82) is 0 Å². The van der Waals surface area contributed by atoms with Crippen molar-refractivity contribution >= 4 is 16.8 Å². The molecule has 0 bridgehead atoms. The Morgan fingerprint density at radius 2 is 2.08 bits per heavy atom. The van der Waals surface area contributed by atoms with Crippen molar-refractivity contribution in [1.82, 2.24) is 9.88 Å². The minimum atomic E-state index is -0.172. The highest BCUT2D eigenvalue weighted by atomic mass is 16.5. The van der Waals surface area contributed by atoms with Crippen molar-refractivity contribution < 1.29 is 14.3 Å². The number of H-pyrrole nitrogens is 1. The van der Waals surface area contributed by atoms with E-state index in [4.69, 9.17) is 9.47 Å². The smallest absolute Gasteiger partial charge is 0.248 e. The number of benzene rings is 1. The summed E-state index contributed by atoms with van der Waals surface area (Å²) < 4.78 is 11.5. The van der Waals surface area contributed by atoms with Gasteiger partial charge in [0.2, 0.25) is 11.5 Å². The van der Waals surface area contributed by atoms with Gasteiger partial charge >= 0.3 is 0 Å². The van der Waals surface area contributed by atoms with Crippen LogP contribution in [-0.2, 0) is 16.0 Å². The Balaban J connectivity index is 1.74. The lowest BCUT2D eigenvalue weighted by Crippen LogP contribution is -2.37. The molecule has 1 unspecified atom stereocenters. The molecule has 2 heterocycles. The quantitative estimate of drug-likeness (QED) is 0.906. The molecule has 24 heavy (non-hydrogen) atoms. The summed E-state index contributed by atoms with van der Waals surface area (Å²) in [6.45, 7) is 5.75. The Kier molecular flexibility index (Phi) is 4.85. The van der Waals surface area contributed by atoms with Crippen LogP contribution in [0.4, 0.5) is 0 Å². The molecule has 2 aromatic rings. The van der Waals surface area contributed by atoms with Crippen LogP contribution in [0.25, 0.3) is 10.9 Å². The number of hydrogen-bond donors (Lipinski definition) is 1. The van der Waals surface area contributed by atoms with Crippen molar-refractivity contribution in [2.24, 2.45) is 0 Å². The van der Waals surface area contributed by atoms with Gasteiger partial charge in [0.1, 0.15) is 19.0 Å². The van der Waals surface area contributed by atoms with Crippen molar-refractivity contribution in [2.45, 2.75) is 26.4 Å². The van der Waals surface area contributed by atoms with Crippen LogP contribution >= 0.6 is 0 Å². The van der Waals surface area contributed by atoms with E-state index in [0.717, 1.165) is 22.2 Å². The van der Waals surface area contributed by atoms with Gasteiger partial charge in [-0.1, -0.05) is 0 Å². The lowest BCUT2D eigenvalue weighted by molar-refractivity contribution is -0.138. The van der Waals surface area contributed by atoms with E-state index in [1.165, 1.54) is 6.07 Å². The molecule has 1 aromatic heterocycles. The second-order valence-corrected chi connectivity index (χ2v) is 5.84. The molecule has 1 amide bonds. The lowest BCUT2D eigenvalue weighted by Gasteiger charge is -2.27. The number of rotatable bonds is 5. The molecule has 0 radical (unpaired) electrons. The largest absolute Gasteiger partial charge is 0.491 e. The van der Waals surface area contributed by atoms with Gasteiger partial charge < -0.3 is 19.4 Å². The first-order valence-corrected chi connectivity index (χ1v) is 8.29. The van der Waals surface area contributed by atoms with Crippen LogP contribution in [0.2, 0.25) is 0 Å². The van der Waals surface area contributed by atoms with Crippen LogP contribution in [0, 0.1) is 0 Å². The Hall–Kier alpha value is -2.34. The van der Waals surface area contributed by atoms with Gasteiger partial charge in [-0.3, -0.25) is 9.59 Å². The number of nitrogens with zero attached hydrogens (tertiary/aromatic N) is 1. The van der Waals surface area contributed by atoms with Crippen molar-refractivity contribution in [3.8, 4) is 5.75 Å². The van der Waals surface area contributed by atoms with Crippen LogP contribution in [0.15, 0.2) is 29.1 Å². The first-order chi connectivity index (χ1) is 11.6. The van der Waals surface area contributed by atoms with Gasteiger partial charge in [-0.2, -0.15) is 0 Å². The third kappa shape index (κ3) is 3.28. The van der Waals surface area contributed by atoms with Crippen LogP contribution in [0.1, 0.15) is 19.4 Å². The highest BCUT2D eigenvalue weighted by molar-refractivity contribution is 5.84. The topological polar surface area (TPSA) is 71.6 Å². The summed E-state index contributed by atoms with van der Waals surface area (Å²) in [5, 5.41) is 0.954. The van der Waals surface area contributed by atoms with E-state index in [1.54, 1.807) is 11.0 Å². The molecule has 1 N–H and O–H groups in total. The molecule has 6 nitrogen and oxygen atoms in total. The normalized spacial score (nSPS) is 16.5. The average molecular weight is 330 g/mol. The zero-order valence-corrected chi connectivity index (χ0v) is 14.0. The first-order valence-electron chi connectivity index (χ1n) is 8.29. The molecule has 128 valence electrons. The molecular weight excluding hydrogens is 308 g/mol. The van der Waals surface area contributed by atoms with Crippen LogP contribution in [0.3, 0.4) is 0 Å². The molecule has 1 aliphatic heterocycles. The summed E-state index contributed by atoms with van der Waals surface area (Å²) in [5.41, 5.74) is 1.66. The van der Waals surface area contributed by atoms with Gasteiger partial charge in [-0.05, 0) is 32.0 Å². The average Bonchev–Trinajstić information content (AvgIpc) is 2.60. The van der Waals surface area contributed by atoms with Gasteiger partial charge in [0, 0.05) is 42.0 Å². The van der Waals surface area contributed by atoms with E-state index < -0.39 is 0 Å². The van der Waals surface area contributed by atoms with E-state index in [1.807, 2.05) is 26.0 Å². The third-order valence-electron chi connectivity index (χ3n) is 4.39. The standard InChI is InChI=1S/C18H22N2O4/c1-3-20(4-2)18(22)11-23-12-9-14-13-5-8-17(21)19-15(13)6-7-16(14)24-10-12/h5-8,12H,3-4,9-11H2,1-2H3,(H,19,21). The number of carbonyl (C=O) groups is 1. The van der Waals surface area contributed by atoms with Gasteiger partial charge in [-0.25, -0.2) is 0 Å². The van der Waals surface area contributed by atoms with E-state index in [2.05, 4.69) is 4.98 Å². The molecular formula is C18H22N2O4. The van der Waals surface area contributed by atoms with Crippen molar-refractivity contribution in [3.63, 3.8) is 0 Å². The van der Waals surface area contributed by atoms with E-state index in [0.29, 0.717) is 26.1 Å². The van der Waals surface area contributed by atoms with Gasteiger partial charge in [0.05, 0.1) is 6.10 Å². The van der Waals surface area contributed by atoms with Crippen molar-refractivity contribution in [2.75, 3.05) is 26.3 Å². The molecule has 0 saturated heterocycles. The zero-order valence-electron chi connectivity index (χ0n) is 14.0. The number of amides is 1. The number of carbonyl (C=O) groups excluding carboxylic acids is 1. The van der Waals surface area contributed by atoms with E-state index in [9.17, 15) is 9.59 Å². The molecule has 0 saturated carbocycles. The maximum absolute atomic E-state index is 12.1. The van der Waals surface area contributed by atoms with Crippen LogP contribution in [-0.4, -0.2) is 48.2 Å². The number of pyridine rings is 1. The summed E-state index contributed by atoms with van der Waals surface area (Å²) >= 11 is 0. The molecule has 6 heteroatoms. The fraction of sp³-hybridized carbons (Fsp3) is 0.444. The maximum atomic E-state index is 12.1. The predicted octanol–water partition coefficient (Wildman–Crippen LogP) is 1.72. The molecule has 0 aliphatic carbocycles. The maximum Gasteiger partial charge on any atom is 0.248 e. The molecule has 1 aromatic carbocycles.